The number of para-hydroxylation sites is 1. The van der Waals surface area contributed by atoms with Crippen LogP contribution in [0.3, 0.4) is 0 Å². The number of fused-ring (bicyclic) bond motifs is 2. The molecule has 110 valence electrons. The molecule has 0 bridgehead atoms. The molecular weight excluding hydrogens is 256 g/mol. The molecule has 1 saturated carbocycles. The molecule has 1 aliphatic heterocycles. The average molecular weight is 280 g/mol. The summed E-state index contributed by atoms with van der Waals surface area (Å²) in [5, 5.41) is 0. The van der Waals surface area contributed by atoms with Crippen molar-refractivity contribution in [3.05, 3.63) is 53.3 Å². The van der Waals surface area contributed by atoms with Crippen LogP contribution in [0.1, 0.15) is 55.5 Å². The van der Waals surface area contributed by atoms with Gasteiger partial charge in [-0.15, -0.1) is 0 Å². The molecule has 1 aromatic carbocycles. The highest BCUT2D eigenvalue weighted by atomic mass is 15.3. The zero-order chi connectivity index (χ0) is 14.6. The predicted octanol–water partition coefficient (Wildman–Crippen LogP) is 4.68. The van der Waals surface area contributed by atoms with Gasteiger partial charge in [-0.25, -0.2) is 0 Å². The van der Waals surface area contributed by atoms with Gasteiger partial charge >= 0.3 is 0 Å². The summed E-state index contributed by atoms with van der Waals surface area (Å²) in [6.45, 7) is 4.62. The molecule has 0 radical (unpaired) electrons. The smallest absolute Gasteiger partial charge is 0.0679 e. The zero-order valence-corrected chi connectivity index (χ0v) is 13.3. The number of benzene rings is 1. The Hall–Kier alpha value is -1.70. The molecule has 0 amide bonds. The lowest BCUT2D eigenvalue weighted by atomic mass is 9.89. The summed E-state index contributed by atoms with van der Waals surface area (Å²) in [5.74, 6) is 0. The topological polar surface area (TPSA) is 8.17 Å². The minimum absolute atomic E-state index is 0.238. The van der Waals surface area contributed by atoms with Gasteiger partial charge in [-0.1, -0.05) is 31.0 Å². The second-order valence-corrected chi connectivity index (χ2v) is 6.80. The fourth-order valence-corrected chi connectivity index (χ4v) is 4.82. The van der Waals surface area contributed by atoms with E-state index >= 15 is 0 Å². The fraction of sp³-hybridized carbons (Fsp3) is 0.474. The van der Waals surface area contributed by atoms with Crippen LogP contribution < -0.4 is 4.90 Å². The number of hydrogen-bond acceptors (Lipinski definition) is 1. The Morgan fingerprint density at radius 1 is 1.10 bits per heavy atom. The van der Waals surface area contributed by atoms with Gasteiger partial charge in [-0.2, -0.15) is 0 Å². The summed E-state index contributed by atoms with van der Waals surface area (Å²) in [5.41, 5.74) is 6.15. The van der Waals surface area contributed by atoms with E-state index in [1.807, 2.05) is 0 Å². The molecule has 0 saturated heterocycles. The maximum absolute atomic E-state index is 2.72. The van der Waals surface area contributed by atoms with Crippen molar-refractivity contribution in [2.24, 2.45) is 7.05 Å². The summed E-state index contributed by atoms with van der Waals surface area (Å²) in [6.07, 6.45) is 7.54. The van der Waals surface area contributed by atoms with Gasteiger partial charge < -0.3 is 9.47 Å². The summed E-state index contributed by atoms with van der Waals surface area (Å²) >= 11 is 0. The van der Waals surface area contributed by atoms with Crippen LogP contribution in [-0.2, 0) is 12.6 Å². The highest BCUT2D eigenvalue weighted by molar-refractivity contribution is 5.63. The van der Waals surface area contributed by atoms with Crippen LogP contribution in [-0.4, -0.2) is 4.57 Å². The zero-order valence-electron chi connectivity index (χ0n) is 13.3. The van der Waals surface area contributed by atoms with Crippen molar-refractivity contribution < 1.29 is 0 Å². The first-order valence-electron chi connectivity index (χ1n) is 8.16. The molecule has 1 fully saturated rings. The van der Waals surface area contributed by atoms with Gasteiger partial charge in [-0.05, 0) is 44.4 Å². The van der Waals surface area contributed by atoms with Gasteiger partial charge in [-0.3, -0.25) is 0 Å². The Morgan fingerprint density at radius 3 is 2.52 bits per heavy atom. The largest absolute Gasteiger partial charge is 0.353 e. The van der Waals surface area contributed by atoms with Crippen molar-refractivity contribution in [3.63, 3.8) is 0 Å². The number of hydrogen-bond donors (Lipinski definition) is 0. The second-order valence-electron chi connectivity index (χ2n) is 6.80. The molecule has 21 heavy (non-hydrogen) atoms. The minimum Gasteiger partial charge on any atom is -0.353 e. The summed E-state index contributed by atoms with van der Waals surface area (Å²) in [6, 6.07) is 11.7. The quantitative estimate of drug-likeness (QED) is 0.736. The first-order valence-corrected chi connectivity index (χ1v) is 8.16. The van der Waals surface area contributed by atoms with Crippen molar-refractivity contribution in [2.45, 2.75) is 51.1 Å². The summed E-state index contributed by atoms with van der Waals surface area (Å²) in [4.78, 5) is 2.72. The molecule has 4 rings (SSSR count). The highest BCUT2D eigenvalue weighted by Crippen LogP contribution is 2.56. The third kappa shape index (κ3) is 1.59. The number of nitrogens with zero attached hydrogens (tertiary/aromatic N) is 2. The van der Waals surface area contributed by atoms with Crippen molar-refractivity contribution in [1.29, 1.82) is 0 Å². The van der Waals surface area contributed by atoms with E-state index in [-0.39, 0.29) is 5.54 Å². The number of aryl methyl sites for hydroxylation is 2. The summed E-state index contributed by atoms with van der Waals surface area (Å²) < 4.78 is 2.33. The first kappa shape index (κ1) is 13.0. The van der Waals surface area contributed by atoms with E-state index in [9.17, 15) is 0 Å². The Balaban J connectivity index is 1.93. The Bertz CT molecular complexity index is 677. The fourth-order valence-electron chi connectivity index (χ4n) is 4.82. The molecular formula is C19H24N2. The van der Waals surface area contributed by atoms with Gasteiger partial charge in [0, 0.05) is 30.2 Å². The molecule has 2 nitrogen and oxygen atoms in total. The molecule has 1 aromatic heterocycles. The number of rotatable bonds is 1. The maximum Gasteiger partial charge on any atom is 0.0679 e. The minimum atomic E-state index is 0.238. The normalized spacial score (nSPS) is 23.0. The Labute approximate surface area is 127 Å². The van der Waals surface area contributed by atoms with E-state index in [1.165, 1.54) is 42.6 Å². The van der Waals surface area contributed by atoms with Crippen LogP contribution in [0.25, 0.3) is 0 Å². The van der Waals surface area contributed by atoms with Crippen molar-refractivity contribution in [2.75, 3.05) is 4.90 Å². The third-order valence-electron chi connectivity index (χ3n) is 5.67. The molecule has 2 heterocycles. The van der Waals surface area contributed by atoms with Gasteiger partial charge in [0.1, 0.15) is 0 Å². The molecule has 2 heteroatoms. The van der Waals surface area contributed by atoms with E-state index in [0.717, 1.165) is 0 Å². The van der Waals surface area contributed by atoms with E-state index in [0.29, 0.717) is 6.04 Å². The monoisotopic (exact) mass is 280 g/mol. The van der Waals surface area contributed by atoms with E-state index in [4.69, 9.17) is 0 Å². The van der Waals surface area contributed by atoms with Gasteiger partial charge in [0.05, 0.1) is 11.6 Å². The van der Waals surface area contributed by atoms with Gasteiger partial charge in [0.25, 0.3) is 0 Å². The summed E-state index contributed by atoms with van der Waals surface area (Å²) in [7, 11) is 2.19. The van der Waals surface area contributed by atoms with Gasteiger partial charge in [0.15, 0.2) is 0 Å². The van der Waals surface area contributed by atoms with Crippen molar-refractivity contribution in [3.8, 4) is 0 Å². The Morgan fingerprint density at radius 2 is 1.81 bits per heavy atom. The average Bonchev–Trinajstić information content (AvgIpc) is 3.13. The van der Waals surface area contributed by atoms with E-state index in [1.54, 1.807) is 5.56 Å². The lowest BCUT2D eigenvalue weighted by Crippen LogP contribution is -2.40. The first-order chi connectivity index (χ1) is 10.1. The van der Waals surface area contributed by atoms with Crippen LogP contribution >= 0.6 is 0 Å². The molecule has 2 aliphatic rings. The molecule has 0 unspecified atom stereocenters. The SMILES string of the molecule is Cc1ccccc1N1[C@@H](C)c2c(ccn2C)C12CCCC2. The molecule has 2 aromatic rings. The standard InChI is InChI=1S/C19H24N2/c1-14-8-4-5-9-17(14)21-15(2)18-16(10-13-20(18)3)19(21)11-6-7-12-19/h4-5,8-10,13,15H,6-7,11-12H2,1-3H3/t15-/m0/s1. The molecule has 1 aliphatic carbocycles. The maximum atomic E-state index is 2.72. The third-order valence-corrected chi connectivity index (χ3v) is 5.67. The van der Waals surface area contributed by atoms with Crippen LogP contribution in [0, 0.1) is 6.92 Å². The van der Waals surface area contributed by atoms with Crippen LogP contribution in [0.2, 0.25) is 0 Å². The van der Waals surface area contributed by atoms with Crippen LogP contribution in [0.5, 0.6) is 0 Å². The van der Waals surface area contributed by atoms with Crippen LogP contribution in [0.4, 0.5) is 5.69 Å². The lowest BCUT2D eigenvalue weighted by Gasteiger charge is -2.41. The Kier molecular flexibility index (Phi) is 2.72. The van der Waals surface area contributed by atoms with Gasteiger partial charge in [0.2, 0.25) is 0 Å². The second kappa shape index (κ2) is 4.40. The van der Waals surface area contributed by atoms with Crippen LogP contribution in [0.15, 0.2) is 36.5 Å². The molecule has 1 spiro atoms. The van der Waals surface area contributed by atoms with Crippen molar-refractivity contribution >= 4 is 5.69 Å². The van der Waals surface area contributed by atoms with E-state index in [2.05, 4.69) is 66.9 Å². The number of anilines is 1. The molecule has 1 atom stereocenters. The lowest BCUT2D eigenvalue weighted by molar-refractivity contribution is 0.414. The predicted molar refractivity (Wildman–Crippen MR) is 87.6 cm³/mol. The van der Waals surface area contributed by atoms with Crippen molar-refractivity contribution in [1.82, 2.24) is 4.57 Å². The molecule has 0 N–H and O–H groups in total. The highest BCUT2D eigenvalue weighted by Gasteiger charge is 2.51. The number of aromatic nitrogens is 1. The van der Waals surface area contributed by atoms with E-state index < -0.39 is 0 Å².